The fourth-order valence-corrected chi connectivity index (χ4v) is 4.48. The Morgan fingerprint density at radius 1 is 1.00 bits per heavy atom. The van der Waals surface area contributed by atoms with E-state index in [2.05, 4.69) is 5.32 Å². The van der Waals surface area contributed by atoms with Gasteiger partial charge in [-0.05, 0) is 23.6 Å². The van der Waals surface area contributed by atoms with Gasteiger partial charge in [0.2, 0.25) is 11.8 Å². The number of rotatable bonds is 3. The van der Waals surface area contributed by atoms with Crippen LogP contribution in [0.15, 0.2) is 54.6 Å². The Labute approximate surface area is 163 Å². The fourth-order valence-electron chi connectivity index (χ4n) is 4.48. The van der Waals surface area contributed by atoms with E-state index in [1.54, 1.807) is 6.92 Å². The Kier molecular flexibility index (Phi) is 4.31. The van der Waals surface area contributed by atoms with E-state index in [4.69, 9.17) is 4.74 Å². The molecule has 144 valence electrons. The van der Waals surface area contributed by atoms with Crippen LogP contribution < -0.4 is 5.32 Å². The van der Waals surface area contributed by atoms with Gasteiger partial charge in [-0.2, -0.15) is 0 Å². The topological polar surface area (TPSA) is 75.7 Å². The molecule has 2 aromatic carbocycles. The van der Waals surface area contributed by atoms with E-state index in [-0.39, 0.29) is 11.8 Å². The molecule has 0 aliphatic carbocycles. The van der Waals surface area contributed by atoms with Crippen LogP contribution in [0.4, 0.5) is 0 Å². The minimum Gasteiger partial charge on any atom is -0.468 e. The molecule has 1 N–H and O–H groups in total. The molecule has 2 amide bonds. The molecule has 0 saturated carbocycles. The van der Waals surface area contributed by atoms with Gasteiger partial charge in [-0.25, -0.2) is 0 Å². The third-order valence-corrected chi connectivity index (χ3v) is 5.99. The Morgan fingerprint density at radius 3 is 2.21 bits per heavy atom. The molecular weight excluding hydrogens is 356 g/mol. The molecule has 4 rings (SSSR count). The van der Waals surface area contributed by atoms with Crippen molar-refractivity contribution in [3.05, 3.63) is 60.2 Å². The van der Waals surface area contributed by atoms with Gasteiger partial charge in [0.05, 0.1) is 18.9 Å². The minimum absolute atomic E-state index is 0.271. The normalized spacial score (nSPS) is 29.1. The summed E-state index contributed by atoms with van der Waals surface area (Å²) in [5.41, 5.74) is 1.76. The van der Waals surface area contributed by atoms with E-state index in [0.29, 0.717) is 0 Å². The van der Waals surface area contributed by atoms with E-state index in [1.807, 2.05) is 54.6 Å². The van der Waals surface area contributed by atoms with Crippen LogP contribution in [0.5, 0.6) is 0 Å². The summed E-state index contributed by atoms with van der Waals surface area (Å²) in [6, 6.07) is 17.4. The highest BCUT2D eigenvalue weighted by Gasteiger charge is 2.66. The summed E-state index contributed by atoms with van der Waals surface area (Å²) in [7, 11) is 2.76. The molecule has 0 radical (unpaired) electrons. The van der Waals surface area contributed by atoms with Crippen molar-refractivity contribution in [3.63, 3.8) is 0 Å². The number of nitrogens with zero attached hydrogens (tertiary/aromatic N) is 1. The molecule has 0 spiro atoms. The van der Waals surface area contributed by atoms with Crippen LogP contribution in [0.2, 0.25) is 0 Å². The highest BCUT2D eigenvalue weighted by atomic mass is 16.5. The number of benzene rings is 2. The maximum absolute atomic E-state index is 12.8. The molecule has 2 aliphatic heterocycles. The SMILES string of the molecule is COC(=O)[C@]1(C)NC(c2ccc(-c3ccccc3)cc2)C2C(=O)N(C)C(=O)C21. The third-order valence-electron chi connectivity index (χ3n) is 5.99. The smallest absolute Gasteiger partial charge is 0.326 e. The molecule has 2 aliphatic rings. The zero-order chi connectivity index (χ0) is 20.1. The number of methoxy groups -OCH3 is 1. The Balaban J connectivity index is 1.72. The number of fused-ring (bicyclic) bond motifs is 1. The van der Waals surface area contributed by atoms with Crippen LogP contribution in [-0.4, -0.2) is 42.4 Å². The molecule has 28 heavy (non-hydrogen) atoms. The number of nitrogens with one attached hydrogen (secondary N) is 1. The summed E-state index contributed by atoms with van der Waals surface area (Å²) in [6.07, 6.45) is 0. The van der Waals surface area contributed by atoms with Crippen LogP contribution in [0.1, 0.15) is 18.5 Å². The number of esters is 1. The molecule has 0 aromatic heterocycles. The molecule has 0 bridgehead atoms. The predicted molar refractivity (Wildman–Crippen MR) is 103 cm³/mol. The molecule has 6 nitrogen and oxygen atoms in total. The summed E-state index contributed by atoms with van der Waals surface area (Å²) in [4.78, 5) is 39.1. The van der Waals surface area contributed by atoms with Gasteiger partial charge >= 0.3 is 5.97 Å². The number of carbonyl (C=O) groups excluding carboxylic acids is 3. The highest BCUT2D eigenvalue weighted by molar-refractivity contribution is 6.09. The molecule has 2 saturated heterocycles. The van der Waals surface area contributed by atoms with Gasteiger partial charge in [-0.1, -0.05) is 54.6 Å². The number of carbonyl (C=O) groups is 3. The maximum Gasteiger partial charge on any atom is 0.326 e. The number of ether oxygens (including phenoxy) is 1. The van der Waals surface area contributed by atoms with E-state index in [1.165, 1.54) is 14.2 Å². The first-order valence-electron chi connectivity index (χ1n) is 9.21. The van der Waals surface area contributed by atoms with Crippen molar-refractivity contribution < 1.29 is 19.1 Å². The summed E-state index contributed by atoms with van der Waals surface area (Å²) in [6.45, 7) is 1.64. The first-order chi connectivity index (χ1) is 13.4. The van der Waals surface area contributed by atoms with Gasteiger partial charge in [-0.3, -0.25) is 24.6 Å². The van der Waals surface area contributed by atoms with Gasteiger partial charge in [0.15, 0.2) is 0 Å². The van der Waals surface area contributed by atoms with Crippen LogP contribution in [0, 0.1) is 11.8 Å². The van der Waals surface area contributed by atoms with Crippen molar-refractivity contribution in [1.82, 2.24) is 10.2 Å². The zero-order valence-electron chi connectivity index (χ0n) is 16.0. The van der Waals surface area contributed by atoms with Crippen molar-refractivity contribution in [2.75, 3.05) is 14.2 Å². The van der Waals surface area contributed by atoms with Crippen molar-refractivity contribution in [2.45, 2.75) is 18.5 Å². The third kappa shape index (κ3) is 2.56. The van der Waals surface area contributed by atoms with Crippen LogP contribution in [-0.2, 0) is 19.1 Å². The van der Waals surface area contributed by atoms with Gasteiger partial charge in [0.1, 0.15) is 5.54 Å². The molecule has 4 atom stereocenters. The summed E-state index contributed by atoms with van der Waals surface area (Å²) in [5, 5.41) is 3.23. The Morgan fingerprint density at radius 2 is 1.61 bits per heavy atom. The van der Waals surface area contributed by atoms with E-state index >= 15 is 0 Å². The van der Waals surface area contributed by atoms with Crippen molar-refractivity contribution in [1.29, 1.82) is 0 Å². The molecule has 3 unspecified atom stereocenters. The molecule has 6 heteroatoms. The predicted octanol–water partition coefficient (Wildman–Crippen LogP) is 2.16. The van der Waals surface area contributed by atoms with E-state index in [0.717, 1.165) is 21.6 Å². The number of likely N-dealkylation sites (tertiary alicyclic amines) is 1. The van der Waals surface area contributed by atoms with Gasteiger partial charge in [-0.15, -0.1) is 0 Å². The first kappa shape index (κ1) is 18.4. The Bertz CT molecular complexity index is 941. The van der Waals surface area contributed by atoms with E-state index in [9.17, 15) is 14.4 Å². The quantitative estimate of drug-likeness (QED) is 0.654. The average Bonchev–Trinajstić information content (AvgIpc) is 3.17. The van der Waals surface area contributed by atoms with Crippen LogP contribution in [0.3, 0.4) is 0 Å². The van der Waals surface area contributed by atoms with E-state index < -0.39 is 29.4 Å². The van der Waals surface area contributed by atoms with Crippen molar-refractivity contribution >= 4 is 17.8 Å². The molecule has 2 fully saturated rings. The standard InChI is InChI=1S/C22H22N2O4/c1-22(21(27)28-3)17-16(19(25)24(2)20(17)26)18(23-22)15-11-9-14(10-12-15)13-7-5-4-6-8-13/h4-12,16-18,23H,1-3H3/t16?,17?,18?,22-/m1/s1. The Hall–Kier alpha value is -2.99. The largest absolute Gasteiger partial charge is 0.468 e. The average molecular weight is 378 g/mol. The second-order valence-electron chi connectivity index (χ2n) is 7.54. The minimum atomic E-state index is -1.25. The molecule has 2 heterocycles. The summed E-state index contributed by atoms with van der Waals surface area (Å²) < 4.78 is 4.94. The van der Waals surface area contributed by atoms with Gasteiger partial charge in [0.25, 0.3) is 0 Å². The van der Waals surface area contributed by atoms with Gasteiger partial charge in [0, 0.05) is 13.1 Å². The van der Waals surface area contributed by atoms with Gasteiger partial charge < -0.3 is 4.74 Å². The monoisotopic (exact) mass is 378 g/mol. The lowest BCUT2D eigenvalue weighted by molar-refractivity contribution is -0.152. The second kappa shape index (κ2) is 6.56. The molecular formula is C22H22N2O4. The lowest BCUT2D eigenvalue weighted by Crippen LogP contribution is -2.53. The maximum atomic E-state index is 12.8. The summed E-state index contributed by atoms with van der Waals surface area (Å²) >= 11 is 0. The van der Waals surface area contributed by atoms with Crippen molar-refractivity contribution in [3.8, 4) is 11.1 Å². The number of imide groups is 1. The fraction of sp³-hybridized carbons (Fsp3) is 0.318. The van der Waals surface area contributed by atoms with Crippen LogP contribution >= 0.6 is 0 Å². The number of hydrogen-bond acceptors (Lipinski definition) is 5. The first-order valence-corrected chi connectivity index (χ1v) is 9.21. The highest BCUT2D eigenvalue weighted by Crippen LogP contribution is 2.48. The lowest BCUT2D eigenvalue weighted by atomic mass is 9.80. The second-order valence-corrected chi connectivity index (χ2v) is 7.54. The van der Waals surface area contributed by atoms with Crippen LogP contribution in [0.25, 0.3) is 11.1 Å². The lowest BCUT2D eigenvalue weighted by Gasteiger charge is -2.27. The number of amides is 2. The zero-order valence-corrected chi connectivity index (χ0v) is 16.0. The van der Waals surface area contributed by atoms with Crippen molar-refractivity contribution in [2.24, 2.45) is 11.8 Å². The number of hydrogen-bond donors (Lipinski definition) is 1. The summed E-state index contributed by atoms with van der Waals surface area (Å²) in [5.74, 6) is -2.58. The molecule has 2 aromatic rings.